The van der Waals surface area contributed by atoms with Crippen LogP contribution in [0.5, 0.6) is 0 Å². The SMILES string of the molecule is O=C(Nc1ccccc1)Nc1ccc(S(=O)(=O)NCCc2ccccc2)cc1. The molecular weight excluding hydrogens is 374 g/mol. The molecule has 0 heterocycles. The summed E-state index contributed by atoms with van der Waals surface area (Å²) < 4.78 is 27.4. The molecule has 3 N–H and O–H groups in total. The fraction of sp³-hybridized carbons (Fsp3) is 0.0952. The Balaban J connectivity index is 1.54. The van der Waals surface area contributed by atoms with Crippen LogP contribution in [0.4, 0.5) is 16.2 Å². The van der Waals surface area contributed by atoms with Gasteiger partial charge in [-0.15, -0.1) is 0 Å². The van der Waals surface area contributed by atoms with Gasteiger partial charge < -0.3 is 10.6 Å². The Labute approximate surface area is 164 Å². The van der Waals surface area contributed by atoms with Crippen molar-refractivity contribution in [1.29, 1.82) is 0 Å². The van der Waals surface area contributed by atoms with E-state index in [1.807, 2.05) is 48.5 Å². The number of hydrogen-bond acceptors (Lipinski definition) is 3. The second kappa shape index (κ2) is 9.16. The first kappa shape index (κ1) is 19.6. The largest absolute Gasteiger partial charge is 0.323 e. The first-order valence-corrected chi connectivity index (χ1v) is 10.3. The standard InChI is InChI=1S/C21H21N3O3S/c25-21(23-18-9-5-2-6-10-18)24-19-11-13-20(14-12-19)28(26,27)22-16-15-17-7-3-1-4-8-17/h1-14,22H,15-16H2,(H2,23,24,25). The highest BCUT2D eigenvalue weighted by Gasteiger charge is 2.13. The number of anilines is 2. The van der Waals surface area contributed by atoms with E-state index in [9.17, 15) is 13.2 Å². The van der Waals surface area contributed by atoms with Crippen molar-refractivity contribution in [2.45, 2.75) is 11.3 Å². The van der Waals surface area contributed by atoms with E-state index < -0.39 is 16.1 Å². The van der Waals surface area contributed by atoms with Gasteiger partial charge >= 0.3 is 6.03 Å². The summed E-state index contributed by atoms with van der Waals surface area (Å²) in [6.45, 7) is 0.311. The molecule has 0 aliphatic rings. The van der Waals surface area contributed by atoms with E-state index in [1.165, 1.54) is 12.1 Å². The topological polar surface area (TPSA) is 87.3 Å². The molecule has 3 aromatic carbocycles. The highest BCUT2D eigenvalue weighted by atomic mass is 32.2. The maximum absolute atomic E-state index is 12.4. The monoisotopic (exact) mass is 395 g/mol. The van der Waals surface area contributed by atoms with Gasteiger partial charge in [-0.3, -0.25) is 0 Å². The molecule has 0 aromatic heterocycles. The number of benzene rings is 3. The Kier molecular flexibility index (Phi) is 6.41. The molecule has 0 fully saturated rings. The lowest BCUT2D eigenvalue weighted by Gasteiger charge is -2.09. The predicted molar refractivity (Wildman–Crippen MR) is 111 cm³/mol. The molecule has 2 amide bonds. The van der Waals surface area contributed by atoms with E-state index in [0.717, 1.165) is 5.56 Å². The molecular formula is C21H21N3O3S. The number of nitrogens with one attached hydrogen (secondary N) is 3. The van der Waals surface area contributed by atoms with Gasteiger partial charge in [0.1, 0.15) is 0 Å². The van der Waals surface area contributed by atoms with Crippen molar-refractivity contribution in [2.24, 2.45) is 0 Å². The lowest BCUT2D eigenvalue weighted by Crippen LogP contribution is -2.26. The van der Waals surface area contributed by atoms with Crippen molar-refractivity contribution in [1.82, 2.24) is 4.72 Å². The quantitative estimate of drug-likeness (QED) is 0.568. The molecule has 0 atom stereocenters. The number of para-hydroxylation sites is 1. The van der Waals surface area contributed by atoms with Gasteiger partial charge in [0.15, 0.2) is 0 Å². The zero-order valence-corrected chi connectivity index (χ0v) is 15.9. The first-order chi connectivity index (χ1) is 13.5. The molecule has 0 saturated heterocycles. The van der Waals surface area contributed by atoms with Gasteiger partial charge in [0, 0.05) is 17.9 Å². The van der Waals surface area contributed by atoms with Crippen molar-refractivity contribution in [3.8, 4) is 0 Å². The van der Waals surface area contributed by atoms with Gasteiger partial charge in [-0.05, 0) is 48.4 Å². The second-order valence-corrected chi connectivity index (χ2v) is 7.87. The van der Waals surface area contributed by atoms with Gasteiger partial charge in [-0.1, -0.05) is 48.5 Å². The van der Waals surface area contributed by atoms with Crippen LogP contribution < -0.4 is 15.4 Å². The third kappa shape index (κ3) is 5.67. The van der Waals surface area contributed by atoms with E-state index in [2.05, 4.69) is 15.4 Å². The van der Waals surface area contributed by atoms with Crippen molar-refractivity contribution < 1.29 is 13.2 Å². The van der Waals surface area contributed by atoms with Crippen LogP contribution >= 0.6 is 0 Å². The van der Waals surface area contributed by atoms with Crippen molar-refractivity contribution in [3.63, 3.8) is 0 Å². The van der Waals surface area contributed by atoms with Crippen molar-refractivity contribution in [2.75, 3.05) is 17.2 Å². The fourth-order valence-electron chi connectivity index (χ4n) is 2.59. The Morgan fingerprint density at radius 3 is 1.86 bits per heavy atom. The first-order valence-electron chi connectivity index (χ1n) is 8.80. The number of carbonyl (C=O) groups excluding carboxylic acids is 1. The van der Waals surface area contributed by atoms with Crippen LogP contribution in [0.2, 0.25) is 0 Å². The van der Waals surface area contributed by atoms with Gasteiger partial charge in [-0.25, -0.2) is 17.9 Å². The molecule has 0 aliphatic carbocycles. The van der Waals surface area contributed by atoms with Crippen LogP contribution in [-0.4, -0.2) is 21.0 Å². The summed E-state index contributed by atoms with van der Waals surface area (Å²) in [5, 5.41) is 5.37. The van der Waals surface area contributed by atoms with Gasteiger partial charge in [0.2, 0.25) is 10.0 Å². The lowest BCUT2D eigenvalue weighted by molar-refractivity contribution is 0.262. The molecule has 0 spiro atoms. The van der Waals surface area contributed by atoms with Gasteiger partial charge in [-0.2, -0.15) is 0 Å². The molecule has 28 heavy (non-hydrogen) atoms. The highest BCUT2D eigenvalue weighted by molar-refractivity contribution is 7.89. The summed E-state index contributed by atoms with van der Waals surface area (Å²) in [6.07, 6.45) is 0.610. The molecule has 0 unspecified atom stereocenters. The number of hydrogen-bond donors (Lipinski definition) is 3. The summed E-state index contributed by atoms with van der Waals surface area (Å²) in [6, 6.07) is 24.3. The minimum Gasteiger partial charge on any atom is -0.308 e. The summed E-state index contributed by atoms with van der Waals surface area (Å²) in [5.41, 5.74) is 2.23. The summed E-state index contributed by atoms with van der Waals surface area (Å²) in [4.78, 5) is 12.1. The van der Waals surface area contributed by atoms with Crippen LogP contribution in [0.3, 0.4) is 0 Å². The predicted octanol–water partition coefficient (Wildman–Crippen LogP) is 3.85. The molecule has 3 rings (SSSR count). The van der Waals surface area contributed by atoms with Crippen LogP contribution in [0.25, 0.3) is 0 Å². The van der Waals surface area contributed by atoms with Gasteiger partial charge in [0.05, 0.1) is 4.90 Å². The van der Waals surface area contributed by atoms with Crippen LogP contribution in [-0.2, 0) is 16.4 Å². The average Bonchev–Trinajstić information content (AvgIpc) is 2.70. The molecule has 0 saturated carbocycles. The lowest BCUT2D eigenvalue weighted by atomic mass is 10.2. The fourth-order valence-corrected chi connectivity index (χ4v) is 3.62. The molecule has 0 bridgehead atoms. The van der Waals surface area contributed by atoms with Gasteiger partial charge in [0.25, 0.3) is 0 Å². The summed E-state index contributed by atoms with van der Waals surface area (Å²) in [5.74, 6) is 0. The number of sulfonamides is 1. The zero-order valence-electron chi connectivity index (χ0n) is 15.1. The molecule has 0 aliphatic heterocycles. The van der Waals surface area contributed by atoms with E-state index in [0.29, 0.717) is 24.3 Å². The molecule has 3 aromatic rings. The minimum absolute atomic E-state index is 0.148. The maximum atomic E-state index is 12.4. The molecule has 7 heteroatoms. The Bertz CT molecular complexity index is 1010. The average molecular weight is 395 g/mol. The number of rotatable bonds is 7. The third-order valence-electron chi connectivity index (χ3n) is 4.00. The number of carbonyl (C=O) groups is 1. The zero-order chi connectivity index (χ0) is 19.8. The number of amides is 2. The highest BCUT2D eigenvalue weighted by Crippen LogP contribution is 2.15. The third-order valence-corrected chi connectivity index (χ3v) is 5.48. The Morgan fingerprint density at radius 1 is 0.714 bits per heavy atom. The van der Waals surface area contributed by atoms with E-state index in [-0.39, 0.29) is 4.90 Å². The van der Waals surface area contributed by atoms with E-state index in [4.69, 9.17) is 0 Å². The van der Waals surface area contributed by atoms with E-state index in [1.54, 1.807) is 24.3 Å². The van der Waals surface area contributed by atoms with Crippen LogP contribution in [0, 0.1) is 0 Å². The molecule has 0 radical (unpaired) electrons. The van der Waals surface area contributed by atoms with Crippen LogP contribution in [0.15, 0.2) is 89.8 Å². The number of urea groups is 1. The molecule has 144 valence electrons. The maximum Gasteiger partial charge on any atom is 0.323 e. The second-order valence-electron chi connectivity index (χ2n) is 6.10. The van der Waals surface area contributed by atoms with Crippen molar-refractivity contribution in [3.05, 3.63) is 90.5 Å². The summed E-state index contributed by atoms with van der Waals surface area (Å²) >= 11 is 0. The Morgan fingerprint density at radius 2 is 1.25 bits per heavy atom. The van der Waals surface area contributed by atoms with Crippen molar-refractivity contribution >= 4 is 27.4 Å². The Hall–Kier alpha value is -3.16. The minimum atomic E-state index is -3.60. The van der Waals surface area contributed by atoms with Crippen LogP contribution in [0.1, 0.15) is 5.56 Å². The van der Waals surface area contributed by atoms with E-state index >= 15 is 0 Å². The smallest absolute Gasteiger partial charge is 0.308 e. The summed E-state index contributed by atoms with van der Waals surface area (Å²) in [7, 11) is -3.60. The normalized spacial score (nSPS) is 11.0. The molecule has 6 nitrogen and oxygen atoms in total.